The topological polar surface area (TPSA) is 109 Å². The molecule has 7 nitrogen and oxygen atoms in total. The number of anilines is 1. The van der Waals surface area contributed by atoms with E-state index in [1.165, 1.54) is 30.0 Å². The molecule has 1 amide bonds. The van der Waals surface area contributed by atoms with E-state index in [0.29, 0.717) is 16.5 Å². The molecule has 0 saturated carbocycles. The number of aromatic nitrogens is 1. The van der Waals surface area contributed by atoms with E-state index in [9.17, 15) is 20.2 Å². The van der Waals surface area contributed by atoms with Gasteiger partial charge in [-0.2, -0.15) is 5.26 Å². The van der Waals surface area contributed by atoms with Gasteiger partial charge in [-0.3, -0.25) is 14.9 Å². The lowest BCUT2D eigenvalue weighted by molar-refractivity contribution is -0.384. The minimum atomic E-state index is -0.552. The van der Waals surface area contributed by atoms with Crippen LogP contribution in [-0.4, -0.2) is 21.6 Å². The van der Waals surface area contributed by atoms with Crippen LogP contribution in [0.25, 0.3) is 0 Å². The number of nitro benzene ring substituents is 1. The largest absolute Gasteiger partial charge is 0.324 e. The Morgan fingerprint density at radius 3 is 2.84 bits per heavy atom. The lowest BCUT2D eigenvalue weighted by atomic mass is 9.69. The molecule has 32 heavy (non-hydrogen) atoms. The third kappa shape index (κ3) is 5.40. The Kier molecular flexibility index (Phi) is 7.42. The lowest BCUT2D eigenvalue weighted by Crippen LogP contribution is -2.29. The molecular formula is C23H25ClN4O3S. The van der Waals surface area contributed by atoms with Crippen molar-refractivity contribution < 1.29 is 9.72 Å². The fraction of sp³-hybridized carbons (Fsp3) is 0.435. The average molecular weight is 473 g/mol. The molecule has 1 heterocycles. The van der Waals surface area contributed by atoms with Gasteiger partial charge in [-0.05, 0) is 48.3 Å². The van der Waals surface area contributed by atoms with Crippen LogP contribution in [0, 0.1) is 32.8 Å². The number of nitriles is 1. The van der Waals surface area contributed by atoms with E-state index in [1.807, 2.05) is 6.07 Å². The summed E-state index contributed by atoms with van der Waals surface area (Å²) in [5.74, 6) is 0.174. The van der Waals surface area contributed by atoms with Crippen LogP contribution in [0.1, 0.15) is 50.4 Å². The van der Waals surface area contributed by atoms with Gasteiger partial charge in [0, 0.05) is 17.8 Å². The summed E-state index contributed by atoms with van der Waals surface area (Å²) in [5, 5.41) is 23.9. The normalized spacial score (nSPS) is 15.5. The first kappa shape index (κ1) is 24.0. The second kappa shape index (κ2) is 9.88. The maximum Gasteiger partial charge on any atom is 0.271 e. The molecule has 3 rings (SSSR count). The maximum absolute atomic E-state index is 12.4. The van der Waals surface area contributed by atoms with Crippen LogP contribution in [0.2, 0.25) is 5.02 Å². The molecule has 168 valence electrons. The quantitative estimate of drug-likeness (QED) is 0.310. The number of halogens is 1. The van der Waals surface area contributed by atoms with Crippen LogP contribution in [0.4, 0.5) is 11.4 Å². The van der Waals surface area contributed by atoms with Crippen molar-refractivity contribution in [2.24, 2.45) is 11.3 Å². The monoisotopic (exact) mass is 472 g/mol. The van der Waals surface area contributed by atoms with Crippen molar-refractivity contribution in [3.05, 3.63) is 56.2 Å². The fourth-order valence-corrected chi connectivity index (χ4v) is 4.77. The van der Waals surface area contributed by atoms with Crippen LogP contribution < -0.4 is 5.32 Å². The van der Waals surface area contributed by atoms with E-state index in [2.05, 4.69) is 32.2 Å². The summed E-state index contributed by atoms with van der Waals surface area (Å²) in [6.07, 6.45) is 3.93. The number of fused-ring (bicyclic) bond motifs is 1. The number of amides is 1. The average Bonchev–Trinajstić information content (AvgIpc) is 2.77. The van der Waals surface area contributed by atoms with Crippen molar-refractivity contribution in [2.45, 2.75) is 51.5 Å². The number of rotatable bonds is 7. The number of aryl methyl sites for hydroxylation is 1. The second-order valence-corrected chi connectivity index (χ2v) is 9.97. The molecular weight excluding hydrogens is 448 g/mol. The number of non-ortho nitro benzene ring substituents is 1. The summed E-state index contributed by atoms with van der Waals surface area (Å²) in [7, 11) is 0. The molecule has 0 spiro atoms. The zero-order chi connectivity index (χ0) is 23.5. The fourth-order valence-electron chi connectivity index (χ4n) is 3.83. The summed E-state index contributed by atoms with van der Waals surface area (Å²) in [6.45, 7) is 6.79. The summed E-state index contributed by atoms with van der Waals surface area (Å²) in [6, 6.07) is 7.98. The molecule has 9 heteroatoms. The van der Waals surface area contributed by atoms with Gasteiger partial charge >= 0.3 is 0 Å². The highest BCUT2D eigenvalue weighted by Gasteiger charge is 2.32. The Labute approximate surface area is 196 Å². The highest BCUT2D eigenvalue weighted by molar-refractivity contribution is 8.00. The van der Waals surface area contributed by atoms with E-state index in [-0.39, 0.29) is 33.5 Å². The summed E-state index contributed by atoms with van der Waals surface area (Å²) in [5.41, 5.74) is 2.84. The molecule has 2 aromatic rings. The van der Waals surface area contributed by atoms with Gasteiger partial charge < -0.3 is 5.32 Å². The molecule has 1 unspecified atom stereocenters. The molecule has 0 fully saturated rings. The molecule has 0 aliphatic heterocycles. The van der Waals surface area contributed by atoms with Crippen molar-refractivity contribution in [3.63, 3.8) is 0 Å². The van der Waals surface area contributed by atoms with Gasteiger partial charge in [0.1, 0.15) is 11.1 Å². The third-order valence-electron chi connectivity index (χ3n) is 6.26. The Morgan fingerprint density at radius 2 is 2.19 bits per heavy atom. The van der Waals surface area contributed by atoms with E-state index in [0.717, 1.165) is 36.9 Å². The molecule has 0 bridgehead atoms. The predicted octanol–water partition coefficient (Wildman–Crippen LogP) is 5.79. The second-order valence-electron chi connectivity index (χ2n) is 8.60. The van der Waals surface area contributed by atoms with E-state index in [1.54, 1.807) is 0 Å². The number of nitro groups is 1. The summed E-state index contributed by atoms with van der Waals surface area (Å²) >= 11 is 7.22. The van der Waals surface area contributed by atoms with Crippen molar-refractivity contribution in [1.29, 1.82) is 5.26 Å². The first-order valence-corrected chi connectivity index (χ1v) is 11.8. The Morgan fingerprint density at radius 1 is 1.44 bits per heavy atom. The molecule has 1 aromatic heterocycles. The number of carbonyl (C=O) groups excluding carboxylic acids is 1. The van der Waals surface area contributed by atoms with Gasteiger partial charge in [0.05, 0.1) is 26.9 Å². The summed E-state index contributed by atoms with van der Waals surface area (Å²) < 4.78 is 0. The number of pyridine rings is 1. The summed E-state index contributed by atoms with van der Waals surface area (Å²) in [4.78, 5) is 27.5. The van der Waals surface area contributed by atoms with Crippen LogP contribution in [0.15, 0.2) is 29.3 Å². The maximum atomic E-state index is 12.4. The molecule has 1 aromatic carbocycles. The number of nitrogens with one attached hydrogen (secondary N) is 1. The SMILES string of the molecule is CCC(C)(C)C1CCc2nc(SCC(=O)Nc3cc([N+](=O)[O-])ccc3Cl)c(C#N)cc2C1. The molecule has 1 N–H and O–H groups in total. The number of benzene rings is 1. The molecule has 1 atom stereocenters. The van der Waals surface area contributed by atoms with Gasteiger partial charge in [-0.25, -0.2) is 4.98 Å². The zero-order valence-electron chi connectivity index (χ0n) is 18.3. The Bertz CT molecular complexity index is 1100. The lowest BCUT2D eigenvalue weighted by Gasteiger charge is -2.37. The van der Waals surface area contributed by atoms with E-state index in [4.69, 9.17) is 16.6 Å². The van der Waals surface area contributed by atoms with Crippen LogP contribution >= 0.6 is 23.4 Å². The number of carbonyl (C=O) groups is 1. The van der Waals surface area contributed by atoms with Gasteiger partial charge in [0.25, 0.3) is 5.69 Å². The number of nitrogens with zero attached hydrogens (tertiary/aromatic N) is 3. The number of thioether (sulfide) groups is 1. The standard InChI is InChI=1S/C23H25ClN4O3S/c1-4-23(2,3)16-5-8-19-14(10-16)9-15(12-25)22(27-19)32-13-21(29)26-20-11-17(28(30)31)6-7-18(20)24/h6-7,9,11,16H,4-5,8,10,13H2,1-3H3,(H,26,29). The van der Waals surface area contributed by atoms with Crippen molar-refractivity contribution in [2.75, 3.05) is 11.1 Å². The predicted molar refractivity (Wildman–Crippen MR) is 126 cm³/mol. The number of hydrogen-bond acceptors (Lipinski definition) is 6. The van der Waals surface area contributed by atoms with Gasteiger partial charge in [0.15, 0.2) is 0 Å². The first-order valence-electron chi connectivity index (χ1n) is 10.4. The smallest absolute Gasteiger partial charge is 0.271 e. The first-order chi connectivity index (χ1) is 15.1. The van der Waals surface area contributed by atoms with Crippen molar-refractivity contribution >= 4 is 40.6 Å². The molecule has 1 aliphatic carbocycles. The van der Waals surface area contributed by atoms with Crippen molar-refractivity contribution in [3.8, 4) is 6.07 Å². The van der Waals surface area contributed by atoms with Gasteiger partial charge in [-0.1, -0.05) is 50.6 Å². The van der Waals surface area contributed by atoms with Crippen LogP contribution in [0.5, 0.6) is 0 Å². The number of hydrogen-bond donors (Lipinski definition) is 1. The minimum absolute atomic E-state index is 0.00494. The highest BCUT2D eigenvalue weighted by atomic mass is 35.5. The molecule has 1 aliphatic rings. The minimum Gasteiger partial charge on any atom is -0.324 e. The zero-order valence-corrected chi connectivity index (χ0v) is 19.8. The van der Waals surface area contributed by atoms with E-state index >= 15 is 0 Å². The van der Waals surface area contributed by atoms with Gasteiger partial charge in [-0.15, -0.1) is 0 Å². The van der Waals surface area contributed by atoms with Crippen LogP contribution in [0.3, 0.4) is 0 Å². The van der Waals surface area contributed by atoms with Crippen molar-refractivity contribution in [1.82, 2.24) is 4.98 Å². The molecule has 0 radical (unpaired) electrons. The van der Waals surface area contributed by atoms with Crippen LogP contribution in [-0.2, 0) is 17.6 Å². The van der Waals surface area contributed by atoms with E-state index < -0.39 is 4.92 Å². The Balaban J connectivity index is 1.71. The molecule has 0 saturated heterocycles. The Hall–Kier alpha value is -2.63. The highest BCUT2D eigenvalue weighted by Crippen LogP contribution is 2.40. The van der Waals surface area contributed by atoms with Gasteiger partial charge in [0.2, 0.25) is 5.91 Å². The third-order valence-corrected chi connectivity index (χ3v) is 7.58.